The van der Waals surface area contributed by atoms with Gasteiger partial charge in [0.2, 0.25) is 35.4 Å². The van der Waals surface area contributed by atoms with Gasteiger partial charge >= 0.3 is 7.82 Å². The van der Waals surface area contributed by atoms with Crippen LogP contribution in [0.2, 0.25) is 0 Å². The maximum Gasteiger partial charge on any atom is 0.469 e. The molecule has 3 aromatic heterocycles. The van der Waals surface area contributed by atoms with Crippen LogP contribution in [0.4, 0.5) is 22.9 Å². The Bertz CT molecular complexity index is 4620. The normalized spacial score (nSPS) is 21.3. The van der Waals surface area contributed by atoms with Crippen molar-refractivity contribution >= 4 is 72.1 Å². The van der Waals surface area contributed by atoms with Gasteiger partial charge in [-0.3, -0.25) is 47.9 Å². The number of likely N-dealkylation sites (N-methyl/N-ethyl adjacent to an activating group) is 1. The standard InChI is InChI=1S/C84H108N17O16P/c1-53(2)77(81(106)100-51-65(117-118(109,110)111)45-70(100)80(105)89-54(3)57-19-15-55(48-85)16-20-57)72-47-74(94-116-72)112-41-40-97-35-28-62(29-36-97)114-63-43-64(44-63)115-73-42-59(27-32-87-73)101-60-23-24-61(101)50-98(49-60)69-46-68(92-93-78(69)86)66-12-7-8-14-71(66)113-52-56-17-21-58(22-18-56)90-79(104)67(13-9-10-34-95(4)5)91-83(108)84(30-11-31-84)82(107)88-33-37-96(6)38-39-99-75(102)25-26-76(99)103/h7-8,12,14-22,25-27,32,42,46-47,53-54,60-65,67,70,77H,9-11,13,23-24,28-31,33-41,43-45,49-52H2,1-6H3,(H2,86,93)(H,88,107)(H,89,105)(H,90,104)(H,91,108)(H2,109,110,111)/t54-,60+,61?,63?,64?,65+,67-,70-,77+/m0/s1. The summed E-state index contributed by atoms with van der Waals surface area (Å²) in [5, 5.41) is 34.2. The zero-order valence-corrected chi connectivity index (χ0v) is 68.6. The van der Waals surface area contributed by atoms with E-state index < -0.39 is 61.1 Å². The number of amides is 7. The maximum atomic E-state index is 14.5. The van der Waals surface area contributed by atoms with E-state index in [0.717, 1.165) is 92.6 Å². The van der Waals surface area contributed by atoms with Crippen LogP contribution in [0.3, 0.4) is 0 Å². The number of phosphoric acid groups is 1. The average Bonchev–Trinajstić information content (AvgIpc) is 1.70. The topological polar surface area (TPSA) is 408 Å². The maximum absolute atomic E-state index is 14.5. The van der Waals surface area contributed by atoms with Crippen LogP contribution in [0.15, 0.2) is 120 Å². The lowest BCUT2D eigenvalue weighted by Crippen LogP contribution is -2.59. The van der Waals surface area contributed by atoms with Crippen molar-refractivity contribution in [2.24, 2.45) is 11.3 Å². The lowest BCUT2D eigenvalue weighted by atomic mass is 9.67. The van der Waals surface area contributed by atoms with Gasteiger partial charge in [0.05, 0.1) is 47.4 Å². The molecule has 13 rings (SSSR count). The molecule has 0 spiro atoms. The van der Waals surface area contributed by atoms with E-state index >= 15 is 0 Å². The first kappa shape index (κ1) is 85.5. The number of imide groups is 1. The summed E-state index contributed by atoms with van der Waals surface area (Å²) in [7, 11) is 0.827. The first-order valence-corrected chi connectivity index (χ1v) is 42.5. The van der Waals surface area contributed by atoms with Gasteiger partial charge in [-0.05, 0) is 163 Å². The zero-order valence-electron chi connectivity index (χ0n) is 67.7. The first-order chi connectivity index (χ1) is 56.7. The molecule has 6 fully saturated rings. The number of nitriles is 1. The number of unbranched alkanes of at least 4 members (excludes halogenated alkanes) is 1. The lowest BCUT2D eigenvalue weighted by Gasteiger charge is -2.43. The summed E-state index contributed by atoms with van der Waals surface area (Å²) in [5.74, 6) is -2.28. The van der Waals surface area contributed by atoms with Crippen LogP contribution >= 0.6 is 7.82 Å². The number of anilines is 4. The quantitative estimate of drug-likeness (QED) is 0.00898. The number of nitrogens with one attached hydrogen (secondary N) is 4. The van der Waals surface area contributed by atoms with Crippen molar-refractivity contribution in [1.82, 2.24) is 60.8 Å². The summed E-state index contributed by atoms with van der Waals surface area (Å²) in [6, 6.07) is 29.3. The van der Waals surface area contributed by atoms with Crippen LogP contribution in [0.1, 0.15) is 139 Å². The molecule has 2 bridgehead atoms. The predicted molar refractivity (Wildman–Crippen MR) is 436 cm³/mol. The monoisotopic (exact) mass is 1640 g/mol. The first-order valence-electron chi connectivity index (χ1n) is 40.9. The van der Waals surface area contributed by atoms with Gasteiger partial charge in [-0.25, -0.2) is 9.55 Å². The number of para-hydroxylation sites is 1. The summed E-state index contributed by atoms with van der Waals surface area (Å²) < 4.78 is 48.3. The van der Waals surface area contributed by atoms with E-state index in [-0.39, 0.29) is 104 Å². The molecule has 8 heterocycles. The summed E-state index contributed by atoms with van der Waals surface area (Å²) in [6.45, 7) is 11.5. The number of nitrogen functional groups attached to an aromatic ring is 1. The van der Waals surface area contributed by atoms with Gasteiger partial charge in [0.25, 0.3) is 17.7 Å². The Labute approximate surface area is 686 Å². The van der Waals surface area contributed by atoms with Gasteiger partial charge in [0, 0.05) is 144 Å². The highest BCUT2D eigenvalue weighted by molar-refractivity contribution is 7.46. The molecule has 4 saturated heterocycles. The summed E-state index contributed by atoms with van der Waals surface area (Å²) in [6.07, 6.45) is 11.7. The van der Waals surface area contributed by atoms with Crippen molar-refractivity contribution in [3.8, 4) is 34.8 Å². The fraction of sp³-hybridized carbons (Fsp3) is 0.524. The fourth-order valence-electron chi connectivity index (χ4n) is 16.7. The SMILES string of the molecule is CC(C)[C@@H](C(=O)N1C[C@H](OP(=O)(O)O)C[C@H]1C(=O)N[C@@H](C)c1ccc(C#N)cc1)c1cc(OCCN2CCC(OC3CC(Oc4cc(N5C6CC[C@@H]5CN(c5cc(-c7ccccc7OCc7ccc(NC(=O)[C@H](CCCCN(C)C)NC(=O)C8(C(=O)NCCN(C)CCN9C(=O)C=CC9=O)CCC8)cc7)nnc5N)C6)ccn4)C3)CC2)no1. The Kier molecular flexibility index (Phi) is 27.9. The number of fused-ring (bicyclic) bond motifs is 2. The zero-order chi connectivity index (χ0) is 83.4. The molecule has 7 aliphatic rings. The van der Waals surface area contributed by atoms with Crippen molar-refractivity contribution in [2.75, 3.05) is 121 Å². The molecule has 5 aliphatic heterocycles. The van der Waals surface area contributed by atoms with Crippen LogP contribution < -0.4 is 51.0 Å². The van der Waals surface area contributed by atoms with E-state index in [1.165, 1.54) is 22.0 Å². The number of aromatic nitrogens is 4. The van der Waals surface area contributed by atoms with Crippen LogP contribution in [0.5, 0.6) is 17.5 Å². The second kappa shape index (κ2) is 38.5. The third kappa shape index (κ3) is 21.3. The third-order valence-corrected chi connectivity index (χ3v) is 24.1. The van der Waals surface area contributed by atoms with Gasteiger partial charge in [-0.15, -0.1) is 10.2 Å². The van der Waals surface area contributed by atoms with E-state index in [4.69, 9.17) is 33.7 Å². The summed E-state index contributed by atoms with van der Waals surface area (Å²) in [5.41, 5.74) is 11.1. The largest absolute Gasteiger partial charge is 0.488 e. The molecule has 7 amide bonds. The van der Waals surface area contributed by atoms with E-state index in [9.17, 15) is 53.2 Å². The molecule has 118 heavy (non-hydrogen) atoms. The number of likely N-dealkylation sites (tertiary alicyclic amines) is 2. The number of carbonyl (C=O) groups excluding carboxylic acids is 7. The average molecular weight is 1640 g/mol. The minimum absolute atomic E-state index is 0.0209. The number of pyridine rings is 1. The highest BCUT2D eigenvalue weighted by Crippen LogP contribution is 2.45. The molecule has 630 valence electrons. The van der Waals surface area contributed by atoms with E-state index in [0.29, 0.717) is 106 Å². The number of rotatable bonds is 38. The number of piperidine rings is 1. The highest BCUT2D eigenvalue weighted by atomic mass is 31.2. The van der Waals surface area contributed by atoms with Crippen LogP contribution in [-0.4, -0.2) is 244 Å². The Morgan fingerprint density at radius 1 is 0.780 bits per heavy atom. The van der Waals surface area contributed by atoms with Crippen LogP contribution in [0.25, 0.3) is 11.3 Å². The van der Waals surface area contributed by atoms with Gasteiger partial charge < -0.3 is 84.8 Å². The number of nitrogens with zero attached hydrogens (tertiary/aromatic N) is 12. The molecule has 7 atom stereocenters. The van der Waals surface area contributed by atoms with Crippen molar-refractivity contribution in [3.05, 3.63) is 138 Å². The molecule has 34 heteroatoms. The smallest absolute Gasteiger partial charge is 0.469 e. The number of ether oxygens (including phenoxy) is 4. The molecule has 1 unspecified atom stereocenters. The third-order valence-electron chi connectivity index (χ3n) is 23.5. The minimum atomic E-state index is -4.96. The van der Waals surface area contributed by atoms with Gasteiger partial charge in [0.15, 0.2) is 11.6 Å². The molecule has 3 aromatic carbocycles. The number of carbonyl (C=O) groups is 7. The lowest BCUT2D eigenvalue weighted by molar-refractivity contribution is -0.151. The molecule has 8 N–H and O–H groups in total. The molecule has 6 aromatic rings. The fourth-order valence-corrected chi connectivity index (χ4v) is 17.3. The Morgan fingerprint density at radius 3 is 2.19 bits per heavy atom. The van der Waals surface area contributed by atoms with Crippen LogP contribution in [-0.2, 0) is 54.0 Å². The predicted octanol–water partition coefficient (Wildman–Crippen LogP) is 6.88. The molecular formula is C84H108N17O16P. The summed E-state index contributed by atoms with van der Waals surface area (Å²) >= 11 is 0. The van der Waals surface area contributed by atoms with Gasteiger partial charge in [-0.2, -0.15) is 5.26 Å². The number of nitrogens with two attached hydrogens (primary N) is 1. The molecule has 2 saturated carbocycles. The molecular weight excluding hydrogens is 1530 g/mol. The number of piperazine rings is 1. The Morgan fingerprint density at radius 2 is 1.51 bits per heavy atom. The van der Waals surface area contributed by atoms with Crippen molar-refractivity contribution < 1.29 is 75.9 Å². The number of hydrogen-bond donors (Lipinski definition) is 7. The second-order valence-electron chi connectivity index (χ2n) is 32.6. The van der Waals surface area contributed by atoms with Crippen molar-refractivity contribution in [1.29, 1.82) is 5.26 Å². The van der Waals surface area contributed by atoms with E-state index in [1.54, 1.807) is 49.4 Å². The Hall–Kier alpha value is -10.4. The van der Waals surface area contributed by atoms with Gasteiger partial charge in [0.1, 0.15) is 48.5 Å². The Balaban J connectivity index is 0.536. The number of benzene rings is 3. The van der Waals surface area contributed by atoms with E-state index in [1.807, 2.05) is 88.6 Å². The highest BCUT2D eigenvalue weighted by Gasteiger charge is 2.52. The molecule has 0 radical (unpaired) electrons. The number of hydrogen-bond acceptors (Lipinski definition) is 25. The second-order valence-corrected chi connectivity index (χ2v) is 33.8. The molecule has 33 nitrogen and oxygen atoms in total. The van der Waals surface area contributed by atoms with Gasteiger partial charge in [-0.1, -0.05) is 56.7 Å². The summed E-state index contributed by atoms with van der Waals surface area (Å²) in [4.78, 5) is 132. The minimum Gasteiger partial charge on any atom is -0.488 e. The van der Waals surface area contributed by atoms with Crippen LogP contribution in [0, 0.1) is 22.7 Å². The van der Waals surface area contributed by atoms with E-state index in [2.05, 4.69) is 79.4 Å². The van der Waals surface area contributed by atoms with Crippen molar-refractivity contribution in [3.63, 3.8) is 0 Å². The molecule has 2 aliphatic carbocycles. The van der Waals surface area contributed by atoms with Crippen molar-refractivity contribution in [2.45, 2.75) is 171 Å². The number of phosphoric ester groups is 1.